The van der Waals surface area contributed by atoms with Crippen LogP contribution in [0.2, 0.25) is 0 Å². The van der Waals surface area contributed by atoms with Crippen LogP contribution in [0, 0.1) is 10.1 Å². The Morgan fingerprint density at radius 2 is 2.06 bits per heavy atom. The molecule has 0 amide bonds. The van der Waals surface area contributed by atoms with Crippen molar-refractivity contribution in [3.05, 3.63) is 52.0 Å². The SMILES string of the molecule is Cn1c([N+](=O)[O-])cnc1C(O)c1ccc(S)cc1. The van der Waals surface area contributed by atoms with E-state index >= 15 is 0 Å². The molecule has 18 heavy (non-hydrogen) atoms. The fourth-order valence-electron chi connectivity index (χ4n) is 1.64. The number of nitro groups is 1. The Bertz CT molecular complexity index is 580. The van der Waals surface area contributed by atoms with Gasteiger partial charge in [-0.25, -0.2) is 9.55 Å². The lowest BCUT2D eigenvalue weighted by molar-refractivity contribution is -0.391. The van der Waals surface area contributed by atoms with Gasteiger partial charge in [-0.3, -0.25) is 0 Å². The lowest BCUT2D eigenvalue weighted by atomic mass is 10.1. The van der Waals surface area contributed by atoms with E-state index in [-0.39, 0.29) is 11.6 Å². The first-order valence-corrected chi connectivity index (χ1v) is 5.58. The number of aromatic nitrogens is 2. The molecule has 2 rings (SSSR count). The van der Waals surface area contributed by atoms with Gasteiger partial charge < -0.3 is 15.2 Å². The molecule has 0 spiro atoms. The average Bonchev–Trinajstić information content (AvgIpc) is 2.71. The van der Waals surface area contributed by atoms with Crippen LogP contribution in [0.15, 0.2) is 35.4 Å². The molecule has 6 nitrogen and oxygen atoms in total. The summed E-state index contributed by atoms with van der Waals surface area (Å²) in [5.74, 6) is 0.0727. The van der Waals surface area contributed by atoms with Crippen LogP contribution < -0.4 is 0 Å². The Morgan fingerprint density at radius 3 is 2.56 bits per heavy atom. The van der Waals surface area contributed by atoms with E-state index < -0.39 is 11.0 Å². The highest BCUT2D eigenvalue weighted by Gasteiger charge is 2.24. The predicted molar refractivity (Wildman–Crippen MR) is 67.6 cm³/mol. The fourth-order valence-corrected chi connectivity index (χ4v) is 1.79. The largest absolute Gasteiger partial charge is 0.378 e. The minimum absolute atomic E-state index is 0.158. The lowest BCUT2D eigenvalue weighted by Crippen LogP contribution is -2.08. The Balaban J connectivity index is 2.37. The van der Waals surface area contributed by atoms with Gasteiger partial charge in [0.1, 0.15) is 6.20 Å². The molecule has 0 bridgehead atoms. The van der Waals surface area contributed by atoms with E-state index in [9.17, 15) is 15.2 Å². The number of hydrogen-bond acceptors (Lipinski definition) is 5. The molecule has 1 atom stereocenters. The molecule has 1 aromatic heterocycles. The number of nitrogens with zero attached hydrogens (tertiary/aromatic N) is 3. The number of aliphatic hydroxyl groups excluding tert-OH is 1. The normalized spacial score (nSPS) is 12.4. The standard InChI is InChI=1S/C11H11N3O3S/c1-13-9(14(16)17)6-12-11(13)10(15)7-2-4-8(18)5-3-7/h2-6,10,15,18H,1H3. The van der Waals surface area contributed by atoms with Crippen LogP contribution >= 0.6 is 12.6 Å². The van der Waals surface area contributed by atoms with Crippen LogP contribution in [0.5, 0.6) is 0 Å². The van der Waals surface area contributed by atoms with Gasteiger partial charge in [0, 0.05) is 4.90 Å². The number of aliphatic hydroxyl groups is 1. The van der Waals surface area contributed by atoms with Gasteiger partial charge in [-0.05, 0) is 22.6 Å². The molecule has 7 heteroatoms. The Kier molecular flexibility index (Phi) is 3.35. The van der Waals surface area contributed by atoms with Gasteiger partial charge >= 0.3 is 5.82 Å². The van der Waals surface area contributed by atoms with Gasteiger partial charge in [0.2, 0.25) is 5.82 Å². The van der Waals surface area contributed by atoms with E-state index in [1.54, 1.807) is 24.3 Å². The summed E-state index contributed by atoms with van der Waals surface area (Å²) in [6.45, 7) is 0. The number of rotatable bonds is 3. The second kappa shape index (κ2) is 4.79. The monoisotopic (exact) mass is 265 g/mol. The molecule has 0 radical (unpaired) electrons. The molecule has 0 aliphatic carbocycles. The van der Waals surface area contributed by atoms with E-state index in [0.717, 1.165) is 11.1 Å². The number of thiol groups is 1. The zero-order valence-corrected chi connectivity index (χ0v) is 10.4. The second-order valence-electron chi connectivity index (χ2n) is 3.78. The molecule has 1 heterocycles. The maximum Gasteiger partial charge on any atom is 0.342 e. The molecule has 0 saturated heterocycles. The quantitative estimate of drug-likeness (QED) is 0.503. The number of imidazole rings is 1. The summed E-state index contributed by atoms with van der Waals surface area (Å²) in [5.41, 5.74) is 0.608. The van der Waals surface area contributed by atoms with Crippen molar-refractivity contribution in [2.45, 2.75) is 11.0 Å². The van der Waals surface area contributed by atoms with Crippen LogP contribution in [-0.2, 0) is 7.05 Å². The number of benzene rings is 1. The molecular weight excluding hydrogens is 254 g/mol. The van der Waals surface area contributed by atoms with Gasteiger partial charge in [-0.1, -0.05) is 12.1 Å². The fraction of sp³-hybridized carbons (Fsp3) is 0.182. The summed E-state index contributed by atoms with van der Waals surface area (Å²) in [6, 6.07) is 6.87. The smallest absolute Gasteiger partial charge is 0.342 e. The molecule has 1 aromatic carbocycles. The van der Waals surface area contributed by atoms with Gasteiger partial charge in [-0.15, -0.1) is 12.6 Å². The van der Waals surface area contributed by atoms with Crippen LogP contribution in [0.4, 0.5) is 5.82 Å². The summed E-state index contributed by atoms with van der Waals surface area (Å²) in [4.78, 5) is 14.8. The predicted octanol–water partition coefficient (Wildman–Crippen LogP) is 1.70. The maximum absolute atomic E-state index is 10.7. The van der Waals surface area contributed by atoms with Gasteiger partial charge in [0.15, 0.2) is 6.10 Å². The molecule has 1 unspecified atom stereocenters. The van der Waals surface area contributed by atoms with Crippen LogP contribution in [0.3, 0.4) is 0 Å². The Hall–Kier alpha value is -1.86. The van der Waals surface area contributed by atoms with Crippen molar-refractivity contribution in [1.29, 1.82) is 0 Å². The van der Waals surface area contributed by atoms with E-state index in [1.807, 2.05) is 0 Å². The van der Waals surface area contributed by atoms with Crippen molar-refractivity contribution in [1.82, 2.24) is 9.55 Å². The highest BCUT2D eigenvalue weighted by molar-refractivity contribution is 7.80. The van der Waals surface area contributed by atoms with Crippen molar-refractivity contribution in [2.24, 2.45) is 7.05 Å². The number of hydrogen-bond donors (Lipinski definition) is 2. The first-order chi connectivity index (χ1) is 8.50. The van der Waals surface area contributed by atoms with Crippen LogP contribution in [0.25, 0.3) is 0 Å². The summed E-state index contributed by atoms with van der Waals surface area (Å²) in [5, 5.41) is 20.8. The zero-order chi connectivity index (χ0) is 13.3. The van der Waals surface area contributed by atoms with Crippen molar-refractivity contribution in [3.63, 3.8) is 0 Å². The molecule has 0 saturated carbocycles. The maximum atomic E-state index is 10.7. The molecular formula is C11H11N3O3S. The van der Waals surface area contributed by atoms with Gasteiger partial charge in [0.05, 0.1) is 7.05 Å². The molecule has 0 aliphatic rings. The summed E-state index contributed by atoms with van der Waals surface area (Å²) in [7, 11) is 1.50. The summed E-state index contributed by atoms with van der Waals surface area (Å²) >= 11 is 4.15. The van der Waals surface area contributed by atoms with Crippen molar-refractivity contribution in [3.8, 4) is 0 Å². The minimum Gasteiger partial charge on any atom is -0.378 e. The molecule has 1 N–H and O–H groups in total. The third-order valence-electron chi connectivity index (χ3n) is 2.64. The summed E-state index contributed by atoms with van der Waals surface area (Å²) in [6.07, 6.45) is 0.128. The van der Waals surface area contributed by atoms with E-state index in [0.29, 0.717) is 5.56 Å². The first-order valence-electron chi connectivity index (χ1n) is 5.13. The average molecular weight is 265 g/mol. The van der Waals surface area contributed by atoms with E-state index in [1.165, 1.54) is 11.6 Å². The van der Waals surface area contributed by atoms with Crippen molar-refractivity contribution >= 4 is 18.4 Å². The highest BCUT2D eigenvalue weighted by Crippen LogP contribution is 2.24. The zero-order valence-electron chi connectivity index (χ0n) is 9.52. The van der Waals surface area contributed by atoms with Crippen LogP contribution in [0.1, 0.15) is 17.5 Å². The molecule has 94 valence electrons. The lowest BCUT2D eigenvalue weighted by Gasteiger charge is -2.08. The van der Waals surface area contributed by atoms with Crippen LogP contribution in [-0.4, -0.2) is 19.6 Å². The summed E-state index contributed by atoms with van der Waals surface area (Å²) < 4.78 is 1.26. The molecule has 2 aromatic rings. The van der Waals surface area contributed by atoms with Gasteiger partial charge in [0.25, 0.3) is 0 Å². The Labute approximate surface area is 108 Å². The van der Waals surface area contributed by atoms with Gasteiger partial charge in [-0.2, -0.15) is 0 Å². The first kappa shape index (κ1) is 12.6. The molecule has 0 aliphatic heterocycles. The second-order valence-corrected chi connectivity index (χ2v) is 4.30. The molecule has 0 fully saturated rings. The van der Waals surface area contributed by atoms with Crippen molar-refractivity contribution in [2.75, 3.05) is 0 Å². The Morgan fingerprint density at radius 1 is 1.44 bits per heavy atom. The third kappa shape index (κ3) is 2.22. The van der Waals surface area contributed by atoms with E-state index in [4.69, 9.17) is 0 Å². The minimum atomic E-state index is -1.00. The van der Waals surface area contributed by atoms with Crippen molar-refractivity contribution < 1.29 is 10.0 Å². The van der Waals surface area contributed by atoms with E-state index in [2.05, 4.69) is 17.6 Å². The third-order valence-corrected chi connectivity index (χ3v) is 2.94. The topological polar surface area (TPSA) is 81.2 Å². The highest BCUT2D eigenvalue weighted by atomic mass is 32.1.